The number of benzene rings is 1. The number of halogens is 4. The van der Waals surface area contributed by atoms with Crippen molar-refractivity contribution in [3.63, 3.8) is 0 Å². The zero-order chi connectivity index (χ0) is 19.1. The Morgan fingerprint density at radius 2 is 1.93 bits per heavy atom. The second kappa shape index (κ2) is 6.80. The number of fused-ring (bicyclic) bond motifs is 1. The molecule has 2 N–H and O–H groups in total. The van der Waals surface area contributed by atoms with Crippen LogP contribution >= 0.6 is 0 Å². The Morgan fingerprint density at radius 1 is 1.15 bits per heavy atom. The monoisotopic (exact) mass is 379 g/mol. The Labute approximate surface area is 152 Å². The molecule has 0 amide bonds. The average molecular weight is 379 g/mol. The normalized spacial score (nSPS) is 20.4. The van der Waals surface area contributed by atoms with Crippen molar-refractivity contribution in [3.05, 3.63) is 53.6 Å². The second-order valence-corrected chi connectivity index (χ2v) is 6.64. The van der Waals surface area contributed by atoms with Crippen molar-refractivity contribution in [2.24, 2.45) is 5.73 Å². The molecule has 3 aromatic rings. The van der Waals surface area contributed by atoms with Crippen LogP contribution in [0, 0.1) is 17.5 Å². The Hall–Kier alpha value is -2.68. The molecule has 0 saturated carbocycles. The Morgan fingerprint density at radius 3 is 2.63 bits per heavy atom. The van der Waals surface area contributed by atoms with E-state index in [0.717, 1.165) is 18.3 Å². The van der Waals surface area contributed by atoms with E-state index in [2.05, 4.69) is 9.97 Å². The van der Waals surface area contributed by atoms with Gasteiger partial charge in [0.25, 0.3) is 0 Å². The van der Waals surface area contributed by atoms with Crippen LogP contribution in [0.4, 0.5) is 23.5 Å². The summed E-state index contributed by atoms with van der Waals surface area (Å²) in [7, 11) is 0. The van der Waals surface area contributed by atoms with Gasteiger partial charge in [0.15, 0.2) is 11.6 Å². The fourth-order valence-electron chi connectivity index (χ4n) is 3.30. The van der Waals surface area contributed by atoms with E-state index in [1.54, 1.807) is 9.47 Å². The third-order valence-corrected chi connectivity index (χ3v) is 4.73. The third kappa shape index (κ3) is 3.34. The molecule has 0 unspecified atom stereocenters. The number of nitrogens with zero attached hydrogens (tertiary/aromatic N) is 4. The van der Waals surface area contributed by atoms with Gasteiger partial charge in [-0.25, -0.2) is 22.5 Å². The molecule has 0 spiro atoms. The molecule has 5 nitrogen and oxygen atoms in total. The first-order chi connectivity index (χ1) is 12.9. The van der Waals surface area contributed by atoms with E-state index in [0.29, 0.717) is 23.7 Å². The van der Waals surface area contributed by atoms with Gasteiger partial charge in [-0.2, -0.15) is 0 Å². The van der Waals surface area contributed by atoms with Crippen molar-refractivity contribution in [1.82, 2.24) is 14.5 Å². The third-order valence-electron chi connectivity index (χ3n) is 4.73. The van der Waals surface area contributed by atoms with Gasteiger partial charge in [-0.1, -0.05) is 0 Å². The summed E-state index contributed by atoms with van der Waals surface area (Å²) < 4.78 is 56.0. The topological polar surface area (TPSA) is 60.0 Å². The molecule has 142 valence electrons. The number of hydrogen-bond donors (Lipinski definition) is 1. The maximum Gasteiger partial charge on any atom is 0.206 e. The lowest BCUT2D eigenvalue weighted by atomic mass is 10.1. The number of pyridine rings is 1. The van der Waals surface area contributed by atoms with Crippen molar-refractivity contribution in [2.45, 2.75) is 25.2 Å². The molecule has 0 aliphatic carbocycles. The van der Waals surface area contributed by atoms with E-state index >= 15 is 0 Å². The van der Waals surface area contributed by atoms with Crippen LogP contribution in [0.5, 0.6) is 0 Å². The molecule has 0 radical (unpaired) electrons. The van der Waals surface area contributed by atoms with Crippen LogP contribution in [0.25, 0.3) is 11.0 Å². The van der Waals surface area contributed by atoms with E-state index in [-0.39, 0.29) is 25.0 Å². The molecular formula is C18H17F4N5. The van der Waals surface area contributed by atoms with Gasteiger partial charge in [0.05, 0.1) is 35.5 Å². The van der Waals surface area contributed by atoms with Gasteiger partial charge in [0, 0.05) is 25.2 Å². The number of piperidine rings is 1. The molecular weight excluding hydrogens is 362 g/mol. The number of alkyl halides is 1. The Bertz CT molecular complexity index is 972. The van der Waals surface area contributed by atoms with E-state index in [9.17, 15) is 17.6 Å². The standard InChI is InChI=1S/C18H17F4N5/c19-10-1-2-11(24-7-10)8-27-17-6-14(22)13(21)5-16(17)25-18(27)26-4-3-12(20)15(23)9-26/h1-2,5-7,12,15H,3-4,8-9,23H2/t12-,15+/m0/s1. The maximum atomic E-state index is 13.8. The fourth-order valence-corrected chi connectivity index (χ4v) is 3.30. The van der Waals surface area contributed by atoms with Gasteiger partial charge < -0.3 is 15.2 Å². The smallest absolute Gasteiger partial charge is 0.206 e. The average Bonchev–Trinajstić information content (AvgIpc) is 2.97. The highest BCUT2D eigenvalue weighted by Gasteiger charge is 2.29. The summed E-state index contributed by atoms with van der Waals surface area (Å²) >= 11 is 0. The summed E-state index contributed by atoms with van der Waals surface area (Å²) in [6.07, 6.45) is 0.216. The van der Waals surface area contributed by atoms with Crippen LogP contribution in [-0.4, -0.2) is 39.8 Å². The summed E-state index contributed by atoms with van der Waals surface area (Å²) in [5, 5.41) is 0. The minimum absolute atomic E-state index is 0.169. The molecule has 1 aromatic carbocycles. The first-order valence-corrected chi connectivity index (χ1v) is 8.52. The summed E-state index contributed by atoms with van der Waals surface area (Å²) in [5.41, 5.74) is 6.99. The molecule has 1 saturated heterocycles. The zero-order valence-corrected chi connectivity index (χ0v) is 14.2. The largest absolute Gasteiger partial charge is 0.340 e. The highest BCUT2D eigenvalue weighted by atomic mass is 19.2. The highest BCUT2D eigenvalue weighted by Crippen LogP contribution is 2.28. The van der Waals surface area contributed by atoms with Crippen LogP contribution in [0.15, 0.2) is 30.5 Å². The van der Waals surface area contributed by atoms with E-state index in [4.69, 9.17) is 5.73 Å². The van der Waals surface area contributed by atoms with Crippen LogP contribution in [0.3, 0.4) is 0 Å². The Balaban J connectivity index is 1.80. The first kappa shape index (κ1) is 17.7. The maximum absolute atomic E-state index is 13.8. The molecule has 1 fully saturated rings. The molecule has 1 aliphatic rings. The minimum Gasteiger partial charge on any atom is -0.340 e. The van der Waals surface area contributed by atoms with E-state index < -0.39 is 29.7 Å². The SMILES string of the molecule is N[C@@H]1CN(c2nc3cc(F)c(F)cc3n2Cc2ccc(F)cn2)CC[C@@H]1F. The molecule has 27 heavy (non-hydrogen) atoms. The molecule has 1 aliphatic heterocycles. The molecule has 3 heterocycles. The lowest BCUT2D eigenvalue weighted by Gasteiger charge is -2.34. The predicted molar refractivity (Wildman–Crippen MR) is 92.6 cm³/mol. The van der Waals surface area contributed by atoms with Crippen molar-refractivity contribution >= 4 is 17.0 Å². The molecule has 4 rings (SSSR count). The van der Waals surface area contributed by atoms with Gasteiger partial charge in [-0.3, -0.25) is 4.98 Å². The summed E-state index contributed by atoms with van der Waals surface area (Å²) in [5.74, 6) is -2.05. The molecule has 0 bridgehead atoms. The number of aromatic nitrogens is 3. The van der Waals surface area contributed by atoms with Gasteiger partial charge >= 0.3 is 0 Å². The van der Waals surface area contributed by atoms with Gasteiger partial charge in [0.2, 0.25) is 5.95 Å². The second-order valence-electron chi connectivity index (χ2n) is 6.64. The number of nitrogens with two attached hydrogens (primary N) is 1. The van der Waals surface area contributed by atoms with E-state index in [1.165, 1.54) is 12.1 Å². The van der Waals surface area contributed by atoms with Gasteiger partial charge in [-0.15, -0.1) is 0 Å². The summed E-state index contributed by atoms with van der Waals surface area (Å²) in [4.78, 5) is 10.2. The number of rotatable bonds is 3. The number of anilines is 1. The number of imidazole rings is 1. The predicted octanol–water partition coefficient (Wildman–Crippen LogP) is 2.77. The van der Waals surface area contributed by atoms with Crippen LogP contribution in [-0.2, 0) is 6.54 Å². The van der Waals surface area contributed by atoms with Crippen molar-refractivity contribution in [2.75, 3.05) is 18.0 Å². The van der Waals surface area contributed by atoms with Crippen molar-refractivity contribution in [1.29, 1.82) is 0 Å². The number of hydrogen-bond acceptors (Lipinski definition) is 4. The molecule has 2 atom stereocenters. The van der Waals surface area contributed by atoms with E-state index in [1.807, 2.05) is 0 Å². The van der Waals surface area contributed by atoms with Gasteiger partial charge in [-0.05, 0) is 18.6 Å². The zero-order valence-electron chi connectivity index (χ0n) is 14.2. The van der Waals surface area contributed by atoms with Gasteiger partial charge in [0.1, 0.15) is 12.0 Å². The minimum atomic E-state index is -1.10. The highest BCUT2D eigenvalue weighted by molar-refractivity contribution is 5.79. The van der Waals surface area contributed by atoms with Crippen LogP contribution < -0.4 is 10.6 Å². The molecule has 9 heteroatoms. The first-order valence-electron chi connectivity index (χ1n) is 8.52. The van der Waals surface area contributed by atoms with Crippen molar-refractivity contribution in [3.8, 4) is 0 Å². The van der Waals surface area contributed by atoms with Crippen LogP contribution in [0.1, 0.15) is 12.1 Å². The lowest BCUT2D eigenvalue weighted by Crippen LogP contribution is -2.50. The van der Waals surface area contributed by atoms with Crippen molar-refractivity contribution < 1.29 is 17.6 Å². The summed E-state index contributed by atoms with van der Waals surface area (Å²) in [6.45, 7) is 0.772. The quantitative estimate of drug-likeness (QED) is 0.711. The lowest BCUT2D eigenvalue weighted by molar-refractivity contribution is 0.243. The summed E-state index contributed by atoms with van der Waals surface area (Å²) in [6, 6.07) is 4.18. The molecule has 2 aromatic heterocycles. The van der Waals surface area contributed by atoms with Crippen LogP contribution in [0.2, 0.25) is 0 Å². The Kier molecular flexibility index (Phi) is 4.47. The fraction of sp³-hybridized carbons (Fsp3) is 0.333.